The molecule has 44 heavy (non-hydrogen) atoms. The Morgan fingerprint density at radius 2 is 1.73 bits per heavy atom. The summed E-state index contributed by atoms with van der Waals surface area (Å²) in [5, 5.41) is 19.6. The number of hydrogen-bond acceptors (Lipinski definition) is 10. The van der Waals surface area contributed by atoms with Crippen LogP contribution in [-0.2, 0) is 19.1 Å². The van der Waals surface area contributed by atoms with Gasteiger partial charge in [-0.1, -0.05) is 24.3 Å². The number of esters is 2. The van der Waals surface area contributed by atoms with Gasteiger partial charge in [-0.2, -0.15) is 5.26 Å². The van der Waals surface area contributed by atoms with E-state index in [1.807, 2.05) is 35.8 Å². The highest BCUT2D eigenvalue weighted by Crippen LogP contribution is 2.40. The van der Waals surface area contributed by atoms with E-state index >= 15 is 0 Å². The van der Waals surface area contributed by atoms with Gasteiger partial charge in [0.1, 0.15) is 28.2 Å². The van der Waals surface area contributed by atoms with Gasteiger partial charge in [0, 0.05) is 16.0 Å². The highest BCUT2D eigenvalue weighted by atomic mass is 32.1. The molecule has 3 heterocycles. The van der Waals surface area contributed by atoms with Gasteiger partial charge >= 0.3 is 11.9 Å². The minimum absolute atomic E-state index is 0.0249. The smallest absolute Gasteiger partial charge is 0.344 e. The number of nitrogens with zero attached hydrogens (tertiary/aromatic N) is 5. The molecule has 1 aliphatic heterocycles. The first-order valence-electron chi connectivity index (χ1n) is 14.1. The summed E-state index contributed by atoms with van der Waals surface area (Å²) < 4.78 is 17.9. The molecular formula is C33H33N5O5S. The monoisotopic (exact) mass is 611 g/mol. The lowest BCUT2D eigenvalue weighted by molar-refractivity contribution is -0.157. The summed E-state index contributed by atoms with van der Waals surface area (Å²) >= 11 is 1.64. The van der Waals surface area contributed by atoms with Crippen molar-refractivity contribution in [2.75, 3.05) is 13.7 Å². The van der Waals surface area contributed by atoms with Crippen LogP contribution in [0.25, 0.3) is 16.1 Å². The van der Waals surface area contributed by atoms with Gasteiger partial charge in [0.2, 0.25) is 0 Å². The third-order valence-corrected chi connectivity index (χ3v) is 8.38. The van der Waals surface area contributed by atoms with Crippen LogP contribution in [0.2, 0.25) is 0 Å². The van der Waals surface area contributed by atoms with Gasteiger partial charge in [0.25, 0.3) is 0 Å². The standard InChI is InChI=1S/C33H33N5O5S/c1-18-19(2)44-32-29(18)30(35-26(15-27(39)41-7)31-37-36-20(3)38(31)32)22-10-8-21(9-11-22)25-13-12-24(14-23(25)16-34)42-17-28(40)43-33(4,5)6/h8-14,26H,15,17H2,1-7H3/t26-/m0/s1. The Hall–Kier alpha value is -4.82. The maximum atomic E-state index is 12.4. The molecule has 0 N–H and O–H groups in total. The molecule has 0 radical (unpaired) electrons. The second kappa shape index (κ2) is 12.1. The zero-order valence-corrected chi connectivity index (χ0v) is 26.5. The summed E-state index contributed by atoms with van der Waals surface area (Å²) in [6.45, 7) is 11.1. The SMILES string of the molecule is COC(=O)C[C@@H]1N=C(c2ccc(-c3ccc(OCC(=O)OC(C)(C)C)cc3C#N)cc2)c2c(sc(C)c2C)-n2c(C)nnc21. The van der Waals surface area contributed by atoms with E-state index in [0.29, 0.717) is 23.0 Å². The van der Waals surface area contributed by atoms with Gasteiger partial charge < -0.3 is 14.2 Å². The molecule has 2 aromatic heterocycles. The number of aliphatic imine (C=N–C) groups is 1. The van der Waals surface area contributed by atoms with Gasteiger partial charge in [0.15, 0.2) is 12.4 Å². The fourth-order valence-corrected chi connectivity index (χ4v) is 6.26. The molecule has 0 unspecified atom stereocenters. The maximum absolute atomic E-state index is 12.4. The average molecular weight is 612 g/mol. The zero-order chi connectivity index (χ0) is 31.8. The molecular weight excluding hydrogens is 578 g/mol. The van der Waals surface area contributed by atoms with Gasteiger partial charge in [-0.15, -0.1) is 21.5 Å². The van der Waals surface area contributed by atoms with Crippen LogP contribution in [0.5, 0.6) is 5.75 Å². The number of carbonyl (C=O) groups excluding carboxylic acids is 2. The number of ether oxygens (including phenoxy) is 3. The summed E-state index contributed by atoms with van der Waals surface area (Å²) in [7, 11) is 1.36. The van der Waals surface area contributed by atoms with Gasteiger partial charge in [0.05, 0.1) is 30.9 Å². The van der Waals surface area contributed by atoms with Crippen molar-refractivity contribution in [2.24, 2.45) is 4.99 Å². The molecule has 0 saturated heterocycles. The van der Waals surface area contributed by atoms with Crippen molar-refractivity contribution < 1.29 is 23.8 Å². The number of aromatic nitrogens is 3. The lowest BCUT2D eigenvalue weighted by Gasteiger charge is -2.19. The molecule has 0 aliphatic carbocycles. The zero-order valence-electron chi connectivity index (χ0n) is 25.7. The molecule has 0 fully saturated rings. The number of nitriles is 1. The molecule has 11 heteroatoms. The fourth-order valence-electron chi connectivity index (χ4n) is 5.04. The first-order valence-corrected chi connectivity index (χ1v) is 14.9. The molecule has 0 spiro atoms. The molecule has 0 amide bonds. The van der Waals surface area contributed by atoms with Crippen molar-refractivity contribution in [1.29, 1.82) is 5.26 Å². The largest absolute Gasteiger partial charge is 0.482 e. The predicted molar refractivity (Wildman–Crippen MR) is 166 cm³/mol. The summed E-state index contributed by atoms with van der Waals surface area (Å²) in [4.78, 5) is 30.7. The van der Waals surface area contributed by atoms with E-state index in [0.717, 1.165) is 43.4 Å². The number of carbonyl (C=O) groups is 2. The Morgan fingerprint density at radius 1 is 1.02 bits per heavy atom. The van der Waals surface area contributed by atoms with E-state index < -0.39 is 17.6 Å². The lowest BCUT2D eigenvalue weighted by atomic mass is 9.95. The third kappa shape index (κ3) is 6.12. The van der Waals surface area contributed by atoms with Crippen LogP contribution >= 0.6 is 11.3 Å². The maximum Gasteiger partial charge on any atom is 0.344 e. The van der Waals surface area contributed by atoms with E-state index in [1.165, 1.54) is 7.11 Å². The van der Waals surface area contributed by atoms with E-state index in [4.69, 9.17) is 19.2 Å². The van der Waals surface area contributed by atoms with Crippen molar-refractivity contribution in [3.63, 3.8) is 0 Å². The van der Waals surface area contributed by atoms with Crippen molar-refractivity contribution in [3.8, 4) is 27.9 Å². The third-order valence-electron chi connectivity index (χ3n) is 7.18. The number of aryl methyl sites for hydroxylation is 2. The number of thiophene rings is 1. The summed E-state index contributed by atoms with van der Waals surface area (Å²) in [5.41, 5.74) is 5.02. The van der Waals surface area contributed by atoms with Crippen LogP contribution in [0.3, 0.4) is 0 Å². The Bertz CT molecular complexity index is 1820. The predicted octanol–water partition coefficient (Wildman–Crippen LogP) is 5.97. The molecule has 10 nitrogen and oxygen atoms in total. The summed E-state index contributed by atoms with van der Waals surface area (Å²) in [6.07, 6.45) is 0.0249. The minimum atomic E-state index is -0.612. The van der Waals surface area contributed by atoms with Crippen LogP contribution < -0.4 is 4.74 Å². The number of benzene rings is 2. The molecule has 5 rings (SSSR count). The second-order valence-electron chi connectivity index (χ2n) is 11.4. The van der Waals surface area contributed by atoms with Crippen LogP contribution in [0.15, 0.2) is 47.5 Å². The lowest BCUT2D eigenvalue weighted by Crippen LogP contribution is -2.27. The molecule has 226 valence electrons. The molecule has 4 aromatic rings. The van der Waals surface area contributed by atoms with E-state index in [-0.39, 0.29) is 19.0 Å². The van der Waals surface area contributed by atoms with Gasteiger partial charge in [-0.25, -0.2) is 4.79 Å². The van der Waals surface area contributed by atoms with Crippen molar-refractivity contribution in [3.05, 3.63) is 81.2 Å². The molecule has 0 saturated carbocycles. The Labute approximate surface area is 259 Å². The summed E-state index contributed by atoms with van der Waals surface area (Å²) in [5.74, 6) is 0.832. The topological polar surface area (TPSA) is 129 Å². The number of fused-ring (bicyclic) bond motifs is 3. The minimum Gasteiger partial charge on any atom is -0.482 e. The Kier molecular flexibility index (Phi) is 8.39. The van der Waals surface area contributed by atoms with Crippen molar-refractivity contribution in [1.82, 2.24) is 14.8 Å². The van der Waals surface area contributed by atoms with Crippen LogP contribution in [0, 0.1) is 32.1 Å². The van der Waals surface area contributed by atoms with E-state index in [1.54, 1.807) is 50.3 Å². The van der Waals surface area contributed by atoms with Crippen molar-refractivity contribution >= 4 is 29.0 Å². The highest BCUT2D eigenvalue weighted by molar-refractivity contribution is 7.15. The normalized spacial score (nSPS) is 14.0. The average Bonchev–Trinajstić information content (AvgIpc) is 3.46. The number of methoxy groups -OCH3 is 1. The second-order valence-corrected chi connectivity index (χ2v) is 12.7. The quantitative estimate of drug-likeness (QED) is 0.234. The van der Waals surface area contributed by atoms with Gasteiger partial charge in [-0.3, -0.25) is 14.4 Å². The molecule has 2 aromatic carbocycles. The molecule has 1 aliphatic rings. The van der Waals surface area contributed by atoms with Crippen LogP contribution in [0.4, 0.5) is 0 Å². The Balaban J connectivity index is 1.49. The summed E-state index contributed by atoms with van der Waals surface area (Å²) in [6, 6.07) is 14.6. The fraction of sp³-hybridized carbons (Fsp3) is 0.333. The van der Waals surface area contributed by atoms with Crippen molar-refractivity contribution in [2.45, 2.75) is 59.6 Å². The number of hydrogen-bond donors (Lipinski definition) is 0. The van der Waals surface area contributed by atoms with Gasteiger partial charge in [-0.05, 0) is 76.4 Å². The van der Waals surface area contributed by atoms with Crippen LogP contribution in [-0.4, -0.2) is 51.7 Å². The first-order chi connectivity index (χ1) is 20.9. The Morgan fingerprint density at radius 3 is 2.39 bits per heavy atom. The highest BCUT2D eigenvalue weighted by Gasteiger charge is 2.32. The number of rotatable bonds is 7. The molecule has 1 atom stereocenters. The first kappa shape index (κ1) is 30.6. The van der Waals surface area contributed by atoms with E-state index in [2.05, 4.69) is 30.1 Å². The van der Waals surface area contributed by atoms with E-state index in [9.17, 15) is 14.9 Å². The molecule has 0 bridgehead atoms. The van der Waals surface area contributed by atoms with Crippen LogP contribution in [0.1, 0.15) is 72.0 Å².